The molecule has 1 aliphatic rings. The number of carbonyl (C=O) groups excluding carboxylic acids is 1. The van der Waals surface area contributed by atoms with E-state index in [2.05, 4.69) is 10.3 Å². The molecule has 4 rings (SSSR count). The molecular formula is C17H17N3O3S3. The molecule has 0 spiro atoms. The van der Waals surface area contributed by atoms with Crippen LogP contribution in [0.3, 0.4) is 0 Å². The quantitative estimate of drug-likeness (QED) is 0.705. The molecule has 1 N–H and O–H groups in total. The second-order valence-corrected chi connectivity index (χ2v) is 10.2. The first kappa shape index (κ1) is 17.6. The molecule has 3 aromatic rings. The van der Waals surface area contributed by atoms with E-state index in [-0.39, 0.29) is 10.1 Å². The summed E-state index contributed by atoms with van der Waals surface area (Å²) in [5.74, 6) is -0.262. The van der Waals surface area contributed by atoms with E-state index in [9.17, 15) is 13.2 Å². The van der Waals surface area contributed by atoms with E-state index in [0.717, 1.165) is 15.2 Å². The molecule has 1 aromatic carbocycles. The molecule has 1 aliphatic heterocycles. The van der Waals surface area contributed by atoms with Crippen LogP contribution < -0.4 is 5.32 Å². The standard InChI is InChI=1S/C17H17N3O3S3/c21-17(18-11-15-19-12-5-1-2-7-14(12)25-15)13-6-3-9-20(13)26(22,23)16-8-4-10-24-16/h1-2,4-5,7-8,10,13H,3,6,9,11H2,(H,18,21). The van der Waals surface area contributed by atoms with Gasteiger partial charge in [0, 0.05) is 6.54 Å². The van der Waals surface area contributed by atoms with Gasteiger partial charge in [-0.1, -0.05) is 18.2 Å². The zero-order valence-corrected chi connectivity index (χ0v) is 16.2. The zero-order chi connectivity index (χ0) is 18.1. The van der Waals surface area contributed by atoms with Crippen LogP contribution in [0.15, 0.2) is 46.0 Å². The number of amides is 1. The van der Waals surface area contributed by atoms with Gasteiger partial charge in [-0.05, 0) is 36.4 Å². The number of benzene rings is 1. The highest BCUT2D eigenvalue weighted by Gasteiger charge is 2.39. The maximum atomic E-state index is 12.7. The minimum atomic E-state index is -3.62. The van der Waals surface area contributed by atoms with E-state index in [1.54, 1.807) is 17.5 Å². The van der Waals surface area contributed by atoms with Gasteiger partial charge in [0.05, 0.1) is 16.8 Å². The highest BCUT2D eigenvalue weighted by molar-refractivity contribution is 7.91. The number of fused-ring (bicyclic) bond motifs is 1. The van der Waals surface area contributed by atoms with Crippen LogP contribution in [-0.2, 0) is 21.4 Å². The predicted molar refractivity (Wildman–Crippen MR) is 103 cm³/mol. The van der Waals surface area contributed by atoms with Gasteiger partial charge in [-0.2, -0.15) is 4.31 Å². The molecule has 1 unspecified atom stereocenters. The highest BCUT2D eigenvalue weighted by Crippen LogP contribution is 2.29. The summed E-state index contributed by atoms with van der Waals surface area (Å²) >= 11 is 2.70. The number of rotatable bonds is 5. The second-order valence-electron chi connectivity index (χ2n) is 6.00. The van der Waals surface area contributed by atoms with Crippen LogP contribution in [-0.4, -0.2) is 36.2 Å². The Morgan fingerprint density at radius 3 is 2.88 bits per heavy atom. The van der Waals surface area contributed by atoms with Crippen LogP contribution >= 0.6 is 22.7 Å². The minimum absolute atomic E-state index is 0.262. The molecule has 0 saturated carbocycles. The summed E-state index contributed by atoms with van der Waals surface area (Å²) in [6.45, 7) is 0.682. The van der Waals surface area contributed by atoms with E-state index in [4.69, 9.17) is 0 Å². The minimum Gasteiger partial charge on any atom is -0.348 e. The van der Waals surface area contributed by atoms with Gasteiger partial charge in [0.1, 0.15) is 15.3 Å². The van der Waals surface area contributed by atoms with E-state index >= 15 is 0 Å². The first-order chi connectivity index (χ1) is 12.6. The van der Waals surface area contributed by atoms with Crippen molar-refractivity contribution in [2.45, 2.75) is 29.6 Å². The highest BCUT2D eigenvalue weighted by atomic mass is 32.2. The van der Waals surface area contributed by atoms with E-state index < -0.39 is 16.1 Å². The van der Waals surface area contributed by atoms with Crippen LogP contribution in [0.1, 0.15) is 17.8 Å². The fourth-order valence-corrected chi connectivity index (χ4v) is 6.77. The van der Waals surface area contributed by atoms with E-state index in [1.165, 1.54) is 27.0 Å². The summed E-state index contributed by atoms with van der Waals surface area (Å²) in [6, 6.07) is 10.4. The third-order valence-corrected chi connectivity index (χ3v) is 8.63. The van der Waals surface area contributed by atoms with Crippen molar-refractivity contribution in [3.63, 3.8) is 0 Å². The molecule has 9 heteroatoms. The normalized spacial score (nSPS) is 18.4. The molecule has 0 aliphatic carbocycles. The number of hydrogen-bond donors (Lipinski definition) is 1. The summed E-state index contributed by atoms with van der Waals surface area (Å²) in [7, 11) is -3.62. The Hall–Kier alpha value is -1.81. The Morgan fingerprint density at radius 2 is 2.12 bits per heavy atom. The molecule has 1 atom stereocenters. The van der Waals surface area contributed by atoms with Crippen molar-refractivity contribution in [2.75, 3.05) is 6.54 Å². The van der Waals surface area contributed by atoms with Gasteiger partial charge in [-0.3, -0.25) is 4.79 Å². The van der Waals surface area contributed by atoms with Crippen molar-refractivity contribution in [3.05, 3.63) is 46.8 Å². The Labute approximate surface area is 159 Å². The van der Waals surface area contributed by atoms with Crippen LogP contribution in [0.25, 0.3) is 10.2 Å². The number of thiophene rings is 1. The maximum Gasteiger partial charge on any atom is 0.253 e. The summed E-state index contributed by atoms with van der Waals surface area (Å²) < 4.78 is 28.2. The third-order valence-electron chi connectivity index (χ3n) is 4.32. The van der Waals surface area contributed by atoms with Crippen LogP contribution in [0.4, 0.5) is 0 Å². The van der Waals surface area contributed by atoms with Gasteiger partial charge in [0.25, 0.3) is 10.0 Å². The summed E-state index contributed by atoms with van der Waals surface area (Å²) in [5.41, 5.74) is 0.907. The number of aromatic nitrogens is 1. The van der Waals surface area contributed by atoms with Gasteiger partial charge in [-0.15, -0.1) is 22.7 Å². The molecule has 26 heavy (non-hydrogen) atoms. The monoisotopic (exact) mass is 407 g/mol. The van der Waals surface area contributed by atoms with Crippen molar-refractivity contribution in [2.24, 2.45) is 0 Å². The molecule has 2 aromatic heterocycles. The second kappa shape index (κ2) is 7.07. The lowest BCUT2D eigenvalue weighted by Gasteiger charge is -2.22. The van der Waals surface area contributed by atoms with E-state index in [1.807, 2.05) is 24.3 Å². The zero-order valence-electron chi connectivity index (χ0n) is 13.8. The van der Waals surface area contributed by atoms with Crippen molar-refractivity contribution >= 4 is 48.8 Å². The van der Waals surface area contributed by atoms with Crippen molar-refractivity contribution in [1.82, 2.24) is 14.6 Å². The van der Waals surface area contributed by atoms with Gasteiger partial charge in [0.15, 0.2) is 0 Å². The number of para-hydroxylation sites is 1. The molecule has 1 fully saturated rings. The molecule has 3 heterocycles. The number of thiazole rings is 1. The topological polar surface area (TPSA) is 79.4 Å². The third kappa shape index (κ3) is 3.27. The summed E-state index contributed by atoms with van der Waals surface area (Å²) in [4.78, 5) is 17.1. The van der Waals surface area contributed by atoms with Crippen molar-refractivity contribution in [3.8, 4) is 0 Å². The average Bonchev–Trinajstić information content (AvgIpc) is 3.39. The van der Waals surface area contributed by atoms with Crippen molar-refractivity contribution < 1.29 is 13.2 Å². The number of hydrogen-bond acceptors (Lipinski definition) is 6. The van der Waals surface area contributed by atoms with Gasteiger partial charge < -0.3 is 5.32 Å². The van der Waals surface area contributed by atoms with Crippen LogP contribution in [0.5, 0.6) is 0 Å². The van der Waals surface area contributed by atoms with Gasteiger partial charge in [-0.25, -0.2) is 13.4 Å². The Kier molecular flexibility index (Phi) is 4.78. The lowest BCUT2D eigenvalue weighted by molar-refractivity contribution is -0.124. The smallest absolute Gasteiger partial charge is 0.253 e. The average molecular weight is 408 g/mol. The Bertz CT molecular complexity index is 995. The maximum absolute atomic E-state index is 12.7. The molecule has 0 bridgehead atoms. The number of nitrogens with one attached hydrogen (secondary N) is 1. The molecule has 6 nitrogen and oxygen atoms in total. The number of nitrogens with zero attached hydrogens (tertiary/aromatic N) is 2. The largest absolute Gasteiger partial charge is 0.348 e. The fraction of sp³-hybridized carbons (Fsp3) is 0.294. The molecule has 1 amide bonds. The first-order valence-corrected chi connectivity index (χ1v) is 11.4. The summed E-state index contributed by atoms with van der Waals surface area (Å²) in [6.07, 6.45) is 1.22. The van der Waals surface area contributed by atoms with Crippen molar-refractivity contribution in [1.29, 1.82) is 0 Å². The Morgan fingerprint density at radius 1 is 1.27 bits per heavy atom. The fourth-order valence-electron chi connectivity index (χ4n) is 3.09. The molecule has 1 saturated heterocycles. The molecule has 0 radical (unpaired) electrons. The van der Waals surface area contributed by atoms with Gasteiger partial charge >= 0.3 is 0 Å². The number of sulfonamides is 1. The molecular weight excluding hydrogens is 390 g/mol. The lowest BCUT2D eigenvalue weighted by atomic mass is 10.2. The van der Waals surface area contributed by atoms with Crippen LogP contribution in [0, 0.1) is 0 Å². The SMILES string of the molecule is O=C(NCc1nc2ccccc2s1)C1CCCN1S(=O)(=O)c1cccs1. The summed E-state index contributed by atoms with van der Waals surface area (Å²) in [5, 5.41) is 5.39. The van der Waals surface area contributed by atoms with Gasteiger partial charge in [0.2, 0.25) is 5.91 Å². The molecule has 136 valence electrons. The van der Waals surface area contributed by atoms with E-state index in [0.29, 0.717) is 25.9 Å². The number of carbonyl (C=O) groups is 1. The predicted octanol–water partition coefficient (Wildman–Crippen LogP) is 2.83. The first-order valence-electron chi connectivity index (χ1n) is 8.23. The Balaban J connectivity index is 1.47. The lowest BCUT2D eigenvalue weighted by Crippen LogP contribution is -2.45. The van der Waals surface area contributed by atoms with Crippen LogP contribution in [0.2, 0.25) is 0 Å².